The number of fused-ring (bicyclic) bond motifs is 1. The molecule has 1 fully saturated rings. The molecular weight excluding hydrogens is 386 g/mol. The van der Waals surface area contributed by atoms with Crippen LogP contribution in [0.25, 0.3) is 10.9 Å². The van der Waals surface area contributed by atoms with E-state index in [2.05, 4.69) is 14.6 Å². The molecule has 0 aliphatic carbocycles. The summed E-state index contributed by atoms with van der Waals surface area (Å²) in [5.41, 5.74) is 2.56. The molecule has 29 heavy (non-hydrogen) atoms. The lowest BCUT2D eigenvalue weighted by atomic mass is 10.1. The van der Waals surface area contributed by atoms with Gasteiger partial charge in [-0.25, -0.2) is 13.1 Å². The average molecular weight is 412 g/mol. The van der Waals surface area contributed by atoms with Crippen LogP contribution in [0, 0.1) is 12.8 Å². The third-order valence-electron chi connectivity index (χ3n) is 5.37. The standard InChI is InChI=1S/C22H25N3O3S/c1-16-12-18-6-5-9-21(22(18)23-13-16)29(26,27)24-14-17-10-11-25(15-17)19-7-3-4-8-20(19)28-2/h3-9,12-13,17,24H,10-11,14-15H2,1-2H3. The van der Waals surface area contributed by atoms with Crippen LogP contribution in [0.1, 0.15) is 12.0 Å². The maximum absolute atomic E-state index is 13.0. The number of hydrogen-bond donors (Lipinski definition) is 1. The van der Waals surface area contributed by atoms with Crippen LogP contribution in [0.15, 0.2) is 59.6 Å². The minimum Gasteiger partial charge on any atom is -0.495 e. The zero-order valence-corrected chi connectivity index (χ0v) is 17.4. The van der Waals surface area contributed by atoms with E-state index in [9.17, 15) is 8.42 Å². The molecule has 1 saturated heterocycles. The van der Waals surface area contributed by atoms with Gasteiger partial charge in [-0.3, -0.25) is 4.98 Å². The molecule has 2 aromatic carbocycles. The molecule has 1 aliphatic rings. The summed E-state index contributed by atoms with van der Waals surface area (Å²) >= 11 is 0. The highest BCUT2D eigenvalue weighted by Gasteiger charge is 2.27. The van der Waals surface area contributed by atoms with Gasteiger partial charge in [-0.15, -0.1) is 0 Å². The second kappa shape index (κ2) is 8.00. The number of para-hydroxylation sites is 3. The Kier molecular flexibility index (Phi) is 5.43. The molecule has 7 heteroatoms. The zero-order valence-electron chi connectivity index (χ0n) is 16.6. The number of methoxy groups -OCH3 is 1. The molecule has 1 atom stereocenters. The molecule has 1 unspecified atom stereocenters. The Balaban J connectivity index is 1.47. The Labute approximate surface area is 171 Å². The van der Waals surface area contributed by atoms with Gasteiger partial charge in [-0.1, -0.05) is 24.3 Å². The Morgan fingerprint density at radius 3 is 2.86 bits per heavy atom. The molecule has 0 amide bonds. The minimum absolute atomic E-state index is 0.231. The van der Waals surface area contributed by atoms with Crippen LogP contribution in [0.4, 0.5) is 5.69 Å². The number of anilines is 1. The van der Waals surface area contributed by atoms with E-state index in [1.54, 1.807) is 25.4 Å². The first-order valence-electron chi connectivity index (χ1n) is 9.71. The smallest absolute Gasteiger partial charge is 0.242 e. The van der Waals surface area contributed by atoms with Gasteiger partial charge >= 0.3 is 0 Å². The molecule has 0 radical (unpaired) electrons. The fraction of sp³-hybridized carbons (Fsp3) is 0.318. The van der Waals surface area contributed by atoms with Crippen LogP contribution in [0.5, 0.6) is 5.75 Å². The molecule has 4 rings (SSSR count). The SMILES string of the molecule is COc1ccccc1N1CCC(CNS(=O)(=O)c2cccc3cc(C)cnc23)C1. The summed E-state index contributed by atoms with van der Waals surface area (Å²) in [6.07, 6.45) is 2.62. The van der Waals surface area contributed by atoms with Crippen molar-refractivity contribution < 1.29 is 13.2 Å². The van der Waals surface area contributed by atoms with Crippen molar-refractivity contribution >= 4 is 26.6 Å². The molecule has 1 aliphatic heterocycles. The summed E-state index contributed by atoms with van der Waals surface area (Å²) < 4.78 is 34.2. The van der Waals surface area contributed by atoms with Gasteiger partial charge < -0.3 is 9.64 Å². The number of aryl methyl sites for hydroxylation is 1. The van der Waals surface area contributed by atoms with Crippen molar-refractivity contribution in [1.29, 1.82) is 0 Å². The summed E-state index contributed by atoms with van der Waals surface area (Å²) in [5.74, 6) is 1.07. The van der Waals surface area contributed by atoms with Crippen LogP contribution in [-0.4, -0.2) is 40.1 Å². The number of pyridine rings is 1. The number of sulfonamides is 1. The lowest BCUT2D eigenvalue weighted by molar-refractivity contribution is 0.414. The maximum atomic E-state index is 13.0. The van der Waals surface area contributed by atoms with E-state index in [-0.39, 0.29) is 10.8 Å². The van der Waals surface area contributed by atoms with Crippen molar-refractivity contribution in [1.82, 2.24) is 9.71 Å². The summed E-state index contributed by atoms with van der Waals surface area (Å²) in [4.78, 5) is 6.84. The predicted molar refractivity (Wildman–Crippen MR) is 115 cm³/mol. The Bertz CT molecular complexity index is 1130. The molecular formula is C22H25N3O3S. The molecule has 0 saturated carbocycles. The zero-order chi connectivity index (χ0) is 20.4. The Morgan fingerprint density at radius 1 is 1.21 bits per heavy atom. The molecule has 2 heterocycles. The second-order valence-corrected chi connectivity index (χ2v) is 9.20. The van der Waals surface area contributed by atoms with Gasteiger partial charge in [0.05, 0.1) is 18.3 Å². The van der Waals surface area contributed by atoms with Gasteiger partial charge in [0.25, 0.3) is 0 Å². The van der Waals surface area contributed by atoms with Crippen LogP contribution >= 0.6 is 0 Å². The number of nitrogens with one attached hydrogen (secondary N) is 1. The monoisotopic (exact) mass is 411 g/mol. The first kappa shape index (κ1) is 19.7. The third kappa shape index (κ3) is 4.06. The van der Waals surface area contributed by atoms with E-state index < -0.39 is 10.0 Å². The van der Waals surface area contributed by atoms with E-state index in [4.69, 9.17) is 4.74 Å². The first-order valence-corrected chi connectivity index (χ1v) is 11.2. The van der Waals surface area contributed by atoms with Gasteiger partial charge in [0.15, 0.2) is 0 Å². The summed E-state index contributed by atoms with van der Waals surface area (Å²) in [6.45, 7) is 4.01. The highest BCUT2D eigenvalue weighted by atomic mass is 32.2. The number of ether oxygens (including phenoxy) is 1. The number of hydrogen-bond acceptors (Lipinski definition) is 5. The predicted octanol–water partition coefficient (Wildman–Crippen LogP) is 3.36. The van der Waals surface area contributed by atoms with Gasteiger partial charge in [0, 0.05) is 31.2 Å². The van der Waals surface area contributed by atoms with E-state index in [1.807, 2.05) is 43.3 Å². The molecule has 0 spiro atoms. The molecule has 6 nitrogen and oxygen atoms in total. The molecule has 3 aromatic rings. The van der Waals surface area contributed by atoms with Crippen molar-refractivity contribution in [3.05, 3.63) is 60.3 Å². The summed E-state index contributed by atoms with van der Waals surface area (Å²) in [5, 5.41) is 0.830. The van der Waals surface area contributed by atoms with E-state index >= 15 is 0 Å². The van der Waals surface area contributed by atoms with Crippen LogP contribution in [0.2, 0.25) is 0 Å². The largest absolute Gasteiger partial charge is 0.495 e. The number of rotatable bonds is 6. The molecule has 0 bridgehead atoms. The fourth-order valence-electron chi connectivity index (χ4n) is 3.87. The molecule has 1 N–H and O–H groups in total. The van der Waals surface area contributed by atoms with Crippen molar-refractivity contribution in [3.8, 4) is 5.75 Å². The fourth-order valence-corrected chi connectivity index (χ4v) is 5.17. The van der Waals surface area contributed by atoms with Gasteiger partial charge in [0.1, 0.15) is 10.6 Å². The maximum Gasteiger partial charge on any atom is 0.242 e. The molecule has 1 aromatic heterocycles. The number of benzene rings is 2. The van der Waals surface area contributed by atoms with Gasteiger partial charge in [-0.2, -0.15) is 0 Å². The average Bonchev–Trinajstić information content (AvgIpc) is 3.20. The van der Waals surface area contributed by atoms with Crippen LogP contribution in [-0.2, 0) is 10.0 Å². The first-order chi connectivity index (χ1) is 14.0. The normalized spacial score (nSPS) is 17.0. The second-order valence-electron chi connectivity index (χ2n) is 7.46. The van der Waals surface area contributed by atoms with E-state index in [1.165, 1.54) is 0 Å². The Hall–Kier alpha value is -2.64. The number of nitrogens with zero attached hydrogens (tertiary/aromatic N) is 2. The van der Waals surface area contributed by atoms with Crippen molar-refractivity contribution in [3.63, 3.8) is 0 Å². The topological polar surface area (TPSA) is 71.5 Å². The highest BCUT2D eigenvalue weighted by Crippen LogP contribution is 2.32. The van der Waals surface area contributed by atoms with Crippen molar-refractivity contribution in [2.45, 2.75) is 18.2 Å². The van der Waals surface area contributed by atoms with Crippen LogP contribution in [0.3, 0.4) is 0 Å². The molecule has 152 valence electrons. The van der Waals surface area contributed by atoms with Crippen molar-refractivity contribution in [2.24, 2.45) is 5.92 Å². The van der Waals surface area contributed by atoms with E-state index in [0.717, 1.165) is 41.9 Å². The quantitative estimate of drug-likeness (QED) is 0.673. The van der Waals surface area contributed by atoms with Gasteiger partial charge in [-0.05, 0) is 49.1 Å². The van der Waals surface area contributed by atoms with Crippen molar-refractivity contribution in [2.75, 3.05) is 31.6 Å². The van der Waals surface area contributed by atoms with Crippen LogP contribution < -0.4 is 14.4 Å². The Morgan fingerprint density at radius 2 is 2.03 bits per heavy atom. The van der Waals surface area contributed by atoms with Gasteiger partial charge in [0.2, 0.25) is 10.0 Å². The van der Waals surface area contributed by atoms with E-state index in [0.29, 0.717) is 12.1 Å². The highest BCUT2D eigenvalue weighted by molar-refractivity contribution is 7.89. The number of aromatic nitrogens is 1. The third-order valence-corrected chi connectivity index (χ3v) is 6.83. The summed E-state index contributed by atoms with van der Waals surface area (Å²) in [6, 6.07) is 15.1. The summed E-state index contributed by atoms with van der Waals surface area (Å²) in [7, 11) is -1.97. The minimum atomic E-state index is -3.64. The lowest BCUT2D eigenvalue weighted by Crippen LogP contribution is -2.31. The lowest BCUT2D eigenvalue weighted by Gasteiger charge is -2.21.